The lowest BCUT2D eigenvalue weighted by Gasteiger charge is -2.02. The Morgan fingerprint density at radius 3 is 2.57 bits per heavy atom. The zero-order valence-corrected chi connectivity index (χ0v) is 10.00. The van der Waals surface area contributed by atoms with Crippen LogP contribution in [0.15, 0.2) is 12.1 Å². The molecule has 0 aromatic heterocycles. The summed E-state index contributed by atoms with van der Waals surface area (Å²) in [4.78, 5) is 21.1. The number of hydrogen-bond donors (Lipinski definition) is 0. The van der Waals surface area contributed by atoms with Crippen molar-refractivity contribution in [3.8, 4) is 0 Å². The lowest BCUT2D eigenvalue weighted by atomic mass is 10.1. The number of rotatable bonds is 2. The summed E-state index contributed by atoms with van der Waals surface area (Å²) >= 11 is 7.39. The SMILES string of the molecule is CC(=O)c1ccc(Cl)c([N+](=O)[O-])c1I. The first kappa shape index (κ1) is 11.4. The Kier molecular flexibility index (Phi) is 3.43. The summed E-state index contributed by atoms with van der Waals surface area (Å²) < 4.78 is 0.285. The van der Waals surface area contributed by atoms with Crippen LogP contribution in [0.25, 0.3) is 0 Å². The van der Waals surface area contributed by atoms with Crippen molar-refractivity contribution < 1.29 is 9.72 Å². The molecule has 4 nitrogen and oxygen atoms in total. The van der Waals surface area contributed by atoms with E-state index in [1.807, 2.05) is 0 Å². The van der Waals surface area contributed by atoms with Gasteiger partial charge < -0.3 is 0 Å². The maximum atomic E-state index is 11.1. The molecule has 0 spiro atoms. The van der Waals surface area contributed by atoms with E-state index in [0.717, 1.165) is 0 Å². The van der Waals surface area contributed by atoms with Gasteiger partial charge in [-0.2, -0.15) is 0 Å². The second kappa shape index (κ2) is 4.22. The molecule has 74 valence electrons. The van der Waals surface area contributed by atoms with E-state index in [2.05, 4.69) is 0 Å². The largest absolute Gasteiger partial charge is 0.301 e. The Labute approximate surface area is 98.5 Å². The number of nitrogens with zero attached hydrogens (tertiary/aromatic N) is 1. The Hall–Kier alpha value is -0.690. The molecule has 0 N–H and O–H groups in total. The molecule has 6 heteroatoms. The number of Topliss-reactive ketones (excluding diaryl/α,β-unsaturated/α-hetero) is 1. The van der Waals surface area contributed by atoms with Gasteiger partial charge in [-0.3, -0.25) is 14.9 Å². The van der Waals surface area contributed by atoms with Crippen molar-refractivity contribution in [2.45, 2.75) is 6.92 Å². The van der Waals surface area contributed by atoms with Crippen LogP contribution in [0.5, 0.6) is 0 Å². The monoisotopic (exact) mass is 325 g/mol. The van der Waals surface area contributed by atoms with Gasteiger partial charge in [0.1, 0.15) is 8.59 Å². The van der Waals surface area contributed by atoms with Gasteiger partial charge in [-0.05, 0) is 41.6 Å². The Balaban J connectivity index is 3.49. The molecule has 0 heterocycles. The minimum atomic E-state index is -0.587. The highest BCUT2D eigenvalue weighted by molar-refractivity contribution is 14.1. The number of benzene rings is 1. The van der Waals surface area contributed by atoms with Crippen LogP contribution in [-0.4, -0.2) is 10.7 Å². The molecule has 1 aromatic rings. The third-order valence-corrected chi connectivity index (χ3v) is 3.03. The van der Waals surface area contributed by atoms with Gasteiger partial charge in [0, 0.05) is 5.56 Å². The highest BCUT2D eigenvalue weighted by Gasteiger charge is 2.21. The van der Waals surface area contributed by atoms with E-state index in [-0.39, 0.29) is 20.1 Å². The van der Waals surface area contributed by atoms with E-state index in [9.17, 15) is 14.9 Å². The maximum absolute atomic E-state index is 11.1. The molecule has 0 aliphatic carbocycles. The van der Waals surface area contributed by atoms with Crippen molar-refractivity contribution in [3.63, 3.8) is 0 Å². The van der Waals surface area contributed by atoms with Gasteiger partial charge in [-0.15, -0.1) is 0 Å². The quantitative estimate of drug-likeness (QED) is 0.363. The molecule has 0 aliphatic heterocycles. The molecular formula is C8H5ClINO3. The van der Waals surface area contributed by atoms with E-state index in [1.54, 1.807) is 22.6 Å². The van der Waals surface area contributed by atoms with Crippen molar-refractivity contribution in [2.24, 2.45) is 0 Å². The second-order valence-electron chi connectivity index (χ2n) is 2.57. The third kappa shape index (κ3) is 2.03. The first-order valence-electron chi connectivity index (χ1n) is 3.58. The molecular weight excluding hydrogens is 320 g/mol. The van der Waals surface area contributed by atoms with E-state index >= 15 is 0 Å². The van der Waals surface area contributed by atoms with Crippen LogP contribution in [0, 0.1) is 13.7 Å². The standard InChI is InChI=1S/C8H5ClINO3/c1-4(12)5-2-3-6(9)8(7(5)10)11(13)14/h2-3H,1H3. The number of hydrogen-bond acceptors (Lipinski definition) is 3. The lowest BCUT2D eigenvalue weighted by Crippen LogP contribution is -2.01. The minimum Gasteiger partial charge on any atom is -0.294 e. The van der Waals surface area contributed by atoms with Crippen LogP contribution in [0.2, 0.25) is 5.02 Å². The van der Waals surface area contributed by atoms with Crippen molar-refractivity contribution in [1.82, 2.24) is 0 Å². The van der Waals surface area contributed by atoms with Crippen LogP contribution in [-0.2, 0) is 0 Å². The van der Waals surface area contributed by atoms with Crippen LogP contribution in [0.1, 0.15) is 17.3 Å². The maximum Gasteiger partial charge on any atom is 0.301 e. The Morgan fingerprint density at radius 1 is 1.57 bits per heavy atom. The predicted molar refractivity (Wildman–Crippen MR) is 60.8 cm³/mol. The first-order chi connectivity index (χ1) is 6.45. The smallest absolute Gasteiger partial charge is 0.294 e. The number of nitro benzene ring substituents is 1. The molecule has 0 saturated heterocycles. The topological polar surface area (TPSA) is 60.2 Å². The fourth-order valence-corrected chi connectivity index (χ4v) is 2.41. The second-order valence-corrected chi connectivity index (χ2v) is 4.06. The summed E-state index contributed by atoms with van der Waals surface area (Å²) in [7, 11) is 0. The molecule has 0 unspecified atom stereocenters. The minimum absolute atomic E-state index is 0.0457. The van der Waals surface area contributed by atoms with Crippen molar-refractivity contribution in [1.29, 1.82) is 0 Å². The van der Waals surface area contributed by atoms with Crippen LogP contribution >= 0.6 is 34.2 Å². The average molecular weight is 325 g/mol. The molecule has 1 rings (SSSR count). The summed E-state index contributed by atoms with van der Waals surface area (Å²) in [6.07, 6.45) is 0. The zero-order chi connectivity index (χ0) is 10.9. The van der Waals surface area contributed by atoms with Gasteiger partial charge in [0.15, 0.2) is 5.78 Å². The third-order valence-electron chi connectivity index (χ3n) is 1.63. The van der Waals surface area contributed by atoms with E-state index in [1.165, 1.54) is 19.1 Å². The van der Waals surface area contributed by atoms with Crippen molar-refractivity contribution in [2.75, 3.05) is 0 Å². The summed E-state index contributed by atoms with van der Waals surface area (Å²) in [5, 5.41) is 10.7. The molecule has 0 aliphatic rings. The fourth-order valence-electron chi connectivity index (χ4n) is 0.980. The molecule has 0 amide bonds. The molecule has 14 heavy (non-hydrogen) atoms. The number of carbonyl (C=O) groups excluding carboxylic acids is 1. The van der Waals surface area contributed by atoms with Gasteiger partial charge in [0.2, 0.25) is 0 Å². The highest BCUT2D eigenvalue weighted by atomic mass is 127. The van der Waals surface area contributed by atoms with Gasteiger partial charge >= 0.3 is 5.69 Å². The Morgan fingerprint density at radius 2 is 2.14 bits per heavy atom. The molecule has 1 aromatic carbocycles. The van der Waals surface area contributed by atoms with Crippen LogP contribution < -0.4 is 0 Å². The van der Waals surface area contributed by atoms with Gasteiger partial charge in [0.05, 0.1) is 4.92 Å². The van der Waals surface area contributed by atoms with Gasteiger partial charge in [-0.1, -0.05) is 11.6 Å². The Bertz CT molecular complexity index is 419. The van der Waals surface area contributed by atoms with Gasteiger partial charge in [-0.25, -0.2) is 0 Å². The summed E-state index contributed by atoms with van der Waals surface area (Å²) in [5.41, 5.74) is 0.113. The average Bonchev–Trinajstić information content (AvgIpc) is 2.02. The van der Waals surface area contributed by atoms with Crippen LogP contribution in [0.4, 0.5) is 5.69 Å². The number of nitro groups is 1. The van der Waals surface area contributed by atoms with E-state index in [4.69, 9.17) is 11.6 Å². The zero-order valence-electron chi connectivity index (χ0n) is 7.08. The molecule has 0 bridgehead atoms. The molecule has 0 saturated carbocycles. The number of ketones is 1. The summed E-state index contributed by atoms with van der Waals surface area (Å²) in [6, 6.07) is 2.85. The number of halogens is 2. The van der Waals surface area contributed by atoms with E-state index in [0.29, 0.717) is 5.56 Å². The summed E-state index contributed by atoms with van der Waals surface area (Å²) in [5.74, 6) is -0.214. The summed E-state index contributed by atoms with van der Waals surface area (Å²) in [6.45, 7) is 1.36. The molecule has 0 atom stereocenters. The first-order valence-corrected chi connectivity index (χ1v) is 5.04. The normalized spacial score (nSPS) is 9.93. The van der Waals surface area contributed by atoms with Crippen molar-refractivity contribution in [3.05, 3.63) is 36.4 Å². The van der Waals surface area contributed by atoms with E-state index < -0.39 is 4.92 Å². The molecule has 0 radical (unpaired) electrons. The van der Waals surface area contributed by atoms with Crippen LogP contribution in [0.3, 0.4) is 0 Å². The van der Waals surface area contributed by atoms with Gasteiger partial charge in [0.25, 0.3) is 0 Å². The number of carbonyl (C=O) groups is 1. The highest BCUT2D eigenvalue weighted by Crippen LogP contribution is 2.32. The predicted octanol–water partition coefficient (Wildman–Crippen LogP) is 3.06. The molecule has 0 fully saturated rings. The fraction of sp³-hybridized carbons (Fsp3) is 0.125. The lowest BCUT2D eigenvalue weighted by molar-refractivity contribution is -0.385. The van der Waals surface area contributed by atoms with Crippen molar-refractivity contribution >= 4 is 45.7 Å².